The van der Waals surface area contributed by atoms with Crippen molar-refractivity contribution in [1.82, 2.24) is 9.55 Å². The molecular weight excluding hydrogens is 350 g/mol. The topological polar surface area (TPSA) is 56.1 Å². The Morgan fingerprint density at radius 1 is 1.07 bits per heavy atom. The molecule has 2 aromatic carbocycles. The van der Waals surface area contributed by atoms with Crippen molar-refractivity contribution in [3.05, 3.63) is 66.0 Å². The van der Waals surface area contributed by atoms with E-state index >= 15 is 0 Å². The van der Waals surface area contributed by atoms with Crippen molar-refractivity contribution in [1.29, 1.82) is 0 Å². The van der Waals surface area contributed by atoms with Gasteiger partial charge in [-0.05, 0) is 38.3 Å². The van der Waals surface area contributed by atoms with Gasteiger partial charge < -0.3 is 14.6 Å². The molecule has 4 rings (SSSR count). The maximum absolute atomic E-state index is 13.2. The number of amides is 1. The molecule has 28 heavy (non-hydrogen) atoms. The van der Waals surface area contributed by atoms with E-state index in [1.54, 1.807) is 0 Å². The van der Waals surface area contributed by atoms with Gasteiger partial charge in [-0.2, -0.15) is 0 Å². The second kappa shape index (κ2) is 8.30. The summed E-state index contributed by atoms with van der Waals surface area (Å²) >= 11 is 0. The average molecular weight is 375 g/mol. The molecule has 0 atom stereocenters. The average Bonchev–Trinajstić information content (AvgIpc) is 2.91. The van der Waals surface area contributed by atoms with Crippen LogP contribution in [0.25, 0.3) is 11.4 Å². The second-order valence-electron chi connectivity index (χ2n) is 6.94. The number of aromatic nitrogens is 2. The lowest BCUT2D eigenvalue weighted by Gasteiger charge is -2.11. The number of anilines is 1. The second-order valence-corrected chi connectivity index (χ2v) is 6.94. The third kappa shape index (κ3) is 3.65. The van der Waals surface area contributed by atoms with E-state index in [-0.39, 0.29) is 5.91 Å². The van der Waals surface area contributed by atoms with Gasteiger partial charge in [-0.25, -0.2) is 4.98 Å². The molecule has 144 valence electrons. The van der Waals surface area contributed by atoms with Crippen LogP contribution in [0.3, 0.4) is 0 Å². The summed E-state index contributed by atoms with van der Waals surface area (Å²) in [6, 6.07) is 17.6. The molecule has 0 spiro atoms. The van der Waals surface area contributed by atoms with E-state index < -0.39 is 0 Å². The summed E-state index contributed by atoms with van der Waals surface area (Å²) in [5, 5.41) is 3.01. The molecule has 1 aliphatic heterocycles. The van der Waals surface area contributed by atoms with Gasteiger partial charge in [0.2, 0.25) is 0 Å². The summed E-state index contributed by atoms with van der Waals surface area (Å²) < 4.78 is 7.87. The number of nitrogens with one attached hydrogen (secondary N) is 1. The fraction of sp³-hybridized carbons (Fsp3) is 0.304. The maximum Gasteiger partial charge on any atom is 0.276 e. The van der Waals surface area contributed by atoms with E-state index in [4.69, 9.17) is 9.72 Å². The zero-order valence-electron chi connectivity index (χ0n) is 16.1. The Morgan fingerprint density at radius 3 is 2.68 bits per heavy atom. The monoisotopic (exact) mass is 375 g/mol. The Bertz CT molecular complexity index is 963. The number of para-hydroxylation sites is 2. The molecule has 0 radical (unpaired) electrons. The number of fused-ring (bicyclic) bond motifs is 1. The van der Waals surface area contributed by atoms with E-state index in [0.717, 1.165) is 42.9 Å². The van der Waals surface area contributed by atoms with Crippen LogP contribution in [0.15, 0.2) is 54.6 Å². The molecule has 5 heteroatoms. The number of imidazole rings is 1. The fourth-order valence-corrected chi connectivity index (χ4v) is 3.74. The molecule has 0 unspecified atom stereocenters. The highest BCUT2D eigenvalue weighted by molar-refractivity contribution is 6.05. The number of carbonyl (C=O) groups is 1. The summed E-state index contributed by atoms with van der Waals surface area (Å²) in [6.45, 7) is 3.38. The number of ether oxygens (including phenoxy) is 1. The van der Waals surface area contributed by atoms with Gasteiger partial charge in [-0.1, -0.05) is 48.9 Å². The summed E-state index contributed by atoms with van der Waals surface area (Å²) in [4.78, 5) is 17.9. The van der Waals surface area contributed by atoms with E-state index in [0.29, 0.717) is 23.7 Å². The quantitative estimate of drug-likeness (QED) is 0.688. The summed E-state index contributed by atoms with van der Waals surface area (Å²) in [6.07, 6.45) is 4.23. The molecular formula is C23H25N3O2. The van der Waals surface area contributed by atoms with E-state index in [2.05, 4.69) is 9.88 Å². The molecule has 0 saturated heterocycles. The van der Waals surface area contributed by atoms with Gasteiger partial charge >= 0.3 is 0 Å². The molecule has 1 aromatic heterocycles. The first-order valence-corrected chi connectivity index (χ1v) is 9.96. The molecule has 1 N–H and O–H groups in total. The van der Waals surface area contributed by atoms with Gasteiger partial charge in [0, 0.05) is 12.1 Å². The highest BCUT2D eigenvalue weighted by Crippen LogP contribution is 2.29. The molecule has 2 heterocycles. The zero-order valence-corrected chi connectivity index (χ0v) is 16.1. The summed E-state index contributed by atoms with van der Waals surface area (Å²) in [5.41, 5.74) is 3.26. The van der Waals surface area contributed by atoms with Crippen molar-refractivity contribution in [2.24, 2.45) is 0 Å². The van der Waals surface area contributed by atoms with Crippen LogP contribution in [-0.4, -0.2) is 22.1 Å². The minimum absolute atomic E-state index is 0.181. The van der Waals surface area contributed by atoms with E-state index in [9.17, 15) is 4.79 Å². The van der Waals surface area contributed by atoms with Crippen molar-refractivity contribution in [3.8, 4) is 17.1 Å². The van der Waals surface area contributed by atoms with Gasteiger partial charge in [-0.3, -0.25) is 4.79 Å². The summed E-state index contributed by atoms with van der Waals surface area (Å²) in [5.74, 6) is 1.37. The molecule has 5 nitrogen and oxygen atoms in total. The normalized spacial score (nSPS) is 13.5. The van der Waals surface area contributed by atoms with Crippen LogP contribution in [0.4, 0.5) is 5.69 Å². The Hall–Kier alpha value is -3.08. The van der Waals surface area contributed by atoms with Gasteiger partial charge in [0.05, 0.1) is 18.0 Å². The van der Waals surface area contributed by atoms with Gasteiger partial charge in [0.1, 0.15) is 17.3 Å². The largest absolute Gasteiger partial charge is 0.492 e. The van der Waals surface area contributed by atoms with Gasteiger partial charge in [-0.15, -0.1) is 0 Å². The number of hydrogen-bond donors (Lipinski definition) is 1. The lowest BCUT2D eigenvalue weighted by Crippen LogP contribution is -2.16. The van der Waals surface area contributed by atoms with Crippen molar-refractivity contribution >= 4 is 11.6 Å². The van der Waals surface area contributed by atoms with E-state index in [1.807, 2.05) is 61.5 Å². The van der Waals surface area contributed by atoms with Crippen LogP contribution >= 0.6 is 0 Å². The smallest absolute Gasteiger partial charge is 0.276 e. The van der Waals surface area contributed by atoms with Crippen LogP contribution in [0.5, 0.6) is 5.75 Å². The lowest BCUT2D eigenvalue weighted by atomic mass is 10.1. The lowest BCUT2D eigenvalue weighted by molar-refractivity contribution is 0.102. The third-order valence-corrected chi connectivity index (χ3v) is 5.05. The number of nitrogens with zero attached hydrogens (tertiary/aromatic N) is 2. The van der Waals surface area contributed by atoms with Crippen molar-refractivity contribution in [3.63, 3.8) is 0 Å². The van der Waals surface area contributed by atoms with Crippen LogP contribution in [0.2, 0.25) is 0 Å². The van der Waals surface area contributed by atoms with Crippen LogP contribution in [0, 0.1) is 0 Å². The minimum atomic E-state index is -0.181. The zero-order chi connectivity index (χ0) is 19.3. The van der Waals surface area contributed by atoms with Crippen molar-refractivity contribution in [2.45, 2.75) is 39.2 Å². The first-order valence-electron chi connectivity index (χ1n) is 9.96. The van der Waals surface area contributed by atoms with Crippen molar-refractivity contribution in [2.75, 3.05) is 11.9 Å². The highest BCUT2D eigenvalue weighted by atomic mass is 16.5. The number of benzene rings is 2. The fourth-order valence-electron chi connectivity index (χ4n) is 3.74. The predicted molar refractivity (Wildman–Crippen MR) is 111 cm³/mol. The molecule has 3 aromatic rings. The van der Waals surface area contributed by atoms with Gasteiger partial charge in [0.25, 0.3) is 5.91 Å². The number of hydrogen-bond acceptors (Lipinski definition) is 3. The number of carbonyl (C=O) groups excluding carboxylic acids is 1. The Kier molecular flexibility index (Phi) is 5.42. The van der Waals surface area contributed by atoms with Crippen molar-refractivity contribution < 1.29 is 9.53 Å². The van der Waals surface area contributed by atoms with Crippen LogP contribution in [-0.2, 0) is 13.0 Å². The first-order chi connectivity index (χ1) is 13.8. The molecule has 0 aliphatic carbocycles. The SMILES string of the molecule is CCOc1ccccc1NC(=O)c1nc(-c2ccccc2)n2c1CCCCC2. The predicted octanol–water partition coefficient (Wildman–Crippen LogP) is 4.93. The minimum Gasteiger partial charge on any atom is -0.492 e. The van der Waals surface area contributed by atoms with E-state index in [1.165, 1.54) is 6.42 Å². The Morgan fingerprint density at radius 2 is 1.86 bits per heavy atom. The summed E-state index contributed by atoms with van der Waals surface area (Å²) in [7, 11) is 0. The molecule has 0 saturated carbocycles. The van der Waals surface area contributed by atoms with Crippen LogP contribution in [0.1, 0.15) is 42.4 Å². The third-order valence-electron chi connectivity index (χ3n) is 5.05. The van der Waals surface area contributed by atoms with Crippen LogP contribution < -0.4 is 10.1 Å². The molecule has 1 aliphatic rings. The van der Waals surface area contributed by atoms with Gasteiger partial charge in [0.15, 0.2) is 0 Å². The first kappa shape index (κ1) is 18.3. The Labute approximate surface area is 165 Å². The number of rotatable bonds is 5. The molecule has 0 fully saturated rings. The maximum atomic E-state index is 13.2. The standard InChI is InChI=1S/C23H25N3O2/c1-2-28-20-15-9-8-13-18(20)24-23(27)21-19-14-7-4-10-16-26(19)22(25-21)17-11-5-3-6-12-17/h3,5-6,8-9,11-13,15H,2,4,7,10,14,16H2,1H3,(H,24,27). The molecule has 1 amide bonds. The highest BCUT2D eigenvalue weighted by Gasteiger charge is 2.24. The Balaban J connectivity index is 1.71. The molecule has 0 bridgehead atoms.